The van der Waals surface area contributed by atoms with E-state index in [1.54, 1.807) is 10.5 Å². The lowest BCUT2D eigenvalue weighted by molar-refractivity contribution is 0.471. The Balaban J connectivity index is 1.59. The monoisotopic (exact) mass is 342 g/mol. The van der Waals surface area contributed by atoms with Crippen LogP contribution in [-0.4, -0.2) is 46.0 Å². The molecule has 1 saturated heterocycles. The van der Waals surface area contributed by atoms with Crippen LogP contribution in [0.15, 0.2) is 30.7 Å². The average Bonchev–Trinajstić information content (AvgIpc) is 3.16. The maximum atomic E-state index is 12.5. The summed E-state index contributed by atoms with van der Waals surface area (Å²) in [6, 6.07) is 4.00. The molecule has 24 heavy (non-hydrogen) atoms. The maximum Gasteiger partial charge on any atom is 0.217 e. The minimum Gasteiger partial charge on any atom is -0.346 e. The lowest BCUT2D eigenvalue weighted by Crippen LogP contribution is -2.31. The highest BCUT2D eigenvalue weighted by molar-refractivity contribution is 7.90. The zero-order valence-corrected chi connectivity index (χ0v) is 14.0. The number of hydrogen-bond acceptors (Lipinski definition) is 4. The first-order valence-corrected chi connectivity index (χ1v) is 9.84. The fourth-order valence-corrected chi connectivity index (χ4v) is 5.66. The summed E-state index contributed by atoms with van der Waals surface area (Å²) in [5.41, 5.74) is 1.82. The molecule has 7 heteroatoms. The molecule has 1 aliphatic carbocycles. The van der Waals surface area contributed by atoms with Gasteiger partial charge in [-0.1, -0.05) is 0 Å². The summed E-state index contributed by atoms with van der Waals surface area (Å²) in [4.78, 5) is 12.2. The largest absolute Gasteiger partial charge is 0.346 e. The van der Waals surface area contributed by atoms with Gasteiger partial charge in [-0.25, -0.2) is 17.7 Å². The molecule has 0 spiro atoms. The molecule has 3 aromatic rings. The normalized spacial score (nSPS) is 22.6. The molecule has 1 aliphatic heterocycles. The molecule has 1 unspecified atom stereocenters. The third kappa shape index (κ3) is 2.08. The van der Waals surface area contributed by atoms with Crippen molar-refractivity contribution in [3.05, 3.63) is 36.4 Å². The second-order valence-electron chi connectivity index (χ2n) is 6.75. The number of H-pyrrole nitrogens is 1. The molecule has 0 aromatic carbocycles. The van der Waals surface area contributed by atoms with Crippen LogP contribution in [0.5, 0.6) is 0 Å². The predicted octanol–water partition coefficient (Wildman–Crippen LogP) is 2.39. The molecular weight excluding hydrogens is 324 g/mol. The van der Waals surface area contributed by atoms with Crippen LogP contribution in [0.1, 0.15) is 30.9 Å². The molecule has 6 nitrogen and oxygen atoms in total. The summed E-state index contributed by atoms with van der Waals surface area (Å²) >= 11 is 0. The van der Waals surface area contributed by atoms with E-state index in [0.29, 0.717) is 13.1 Å². The molecule has 1 N–H and O–H groups in total. The van der Waals surface area contributed by atoms with E-state index in [1.807, 2.05) is 24.5 Å². The Morgan fingerprint density at radius 1 is 1.12 bits per heavy atom. The number of aromatic nitrogens is 3. The van der Waals surface area contributed by atoms with Crippen LogP contribution in [0, 0.1) is 0 Å². The van der Waals surface area contributed by atoms with Crippen LogP contribution in [0.3, 0.4) is 0 Å². The quantitative estimate of drug-likeness (QED) is 0.793. The number of rotatable bonds is 3. The van der Waals surface area contributed by atoms with Gasteiger partial charge in [0.1, 0.15) is 5.65 Å². The lowest BCUT2D eigenvalue weighted by atomic mass is 9.98. The summed E-state index contributed by atoms with van der Waals surface area (Å²) in [5.74, 6) is 0.135. The highest BCUT2D eigenvalue weighted by Crippen LogP contribution is 2.38. The fraction of sp³-hybridized carbons (Fsp3) is 0.412. The Morgan fingerprint density at radius 2 is 2.00 bits per heavy atom. The summed E-state index contributed by atoms with van der Waals surface area (Å²) in [5, 5.41) is 3.06. The molecule has 1 saturated carbocycles. The van der Waals surface area contributed by atoms with Gasteiger partial charge in [0.15, 0.2) is 0 Å². The lowest BCUT2D eigenvalue weighted by Gasteiger charge is -2.17. The third-order valence-corrected chi connectivity index (χ3v) is 7.55. The van der Waals surface area contributed by atoms with Gasteiger partial charge in [-0.15, -0.1) is 0 Å². The van der Waals surface area contributed by atoms with E-state index in [9.17, 15) is 8.42 Å². The first-order chi connectivity index (χ1) is 11.6. The van der Waals surface area contributed by atoms with E-state index in [1.165, 1.54) is 0 Å². The van der Waals surface area contributed by atoms with Crippen LogP contribution in [-0.2, 0) is 10.0 Å². The number of hydrogen-bond donors (Lipinski definition) is 1. The molecule has 4 heterocycles. The highest BCUT2D eigenvalue weighted by atomic mass is 32.2. The van der Waals surface area contributed by atoms with Crippen molar-refractivity contribution in [3.63, 3.8) is 0 Å². The van der Waals surface area contributed by atoms with Crippen molar-refractivity contribution in [1.29, 1.82) is 0 Å². The van der Waals surface area contributed by atoms with E-state index < -0.39 is 10.0 Å². The van der Waals surface area contributed by atoms with Crippen LogP contribution < -0.4 is 0 Å². The van der Waals surface area contributed by atoms with Gasteiger partial charge in [0.2, 0.25) is 10.0 Å². The van der Waals surface area contributed by atoms with Gasteiger partial charge in [0.05, 0.1) is 10.9 Å². The average molecular weight is 342 g/mol. The Bertz CT molecular complexity index is 1040. The number of fused-ring (bicyclic) bond motifs is 3. The van der Waals surface area contributed by atoms with Gasteiger partial charge < -0.3 is 4.98 Å². The first kappa shape index (κ1) is 14.4. The van der Waals surface area contributed by atoms with E-state index in [0.717, 1.165) is 46.8 Å². The second-order valence-corrected chi connectivity index (χ2v) is 8.96. The number of aromatic amines is 1. The smallest absolute Gasteiger partial charge is 0.217 e. The van der Waals surface area contributed by atoms with E-state index in [4.69, 9.17) is 4.98 Å². The van der Waals surface area contributed by atoms with E-state index >= 15 is 0 Å². The molecule has 0 radical (unpaired) electrons. The SMILES string of the molecule is O=S(=O)(C1CC1)N1CCC(c2nc3[nH]ccc3c3cnccc23)C1. The van der Waals surface area contributed by atoms with Gasteiger partial charge >= 0.3 is 0 Å². The number of pyridine rings is 2. The molecule has 1 atom stereocenters. The van der Waals surface area contributed by atoms with Gasteiger partial charge in [-0.3, -0.25) is 4.98 Å². The Hall–Kier alpha value is -1.99. The highest BCUT2D eigenvalue weighted by Gasteiger charge is 2.43. The van der Waals surface area contributed by atoms with Crippen molar-refractivity contribution in [2.24, 2.45) is 0 Å². The van der Waals surface area contributed by atoms with Gasteiger partial charge in [0.25, 0.3) is 0 Å². The zero-order chi connectivity index (χ0) is 16.3. The van der Waals surface area contributed by atoms with Crippen molar-refractivity contribution < 1.29 is 8.42 Å². The van der Waals surface area contributed by atoms with Crippen molar-refractivity contribution in [2.45, 2.75) is 30.4 Å². The van der Waals surface area contributed by atoms with Crippen molar-refractivity contribution in [1.82, 2.24) is 19.3 Å². The second kappa shape index (κ2) is 5.00. The molecule has 2 fully saturated rings. The topological polar surface area (TPSA) is 79.0 Å². The standard InChI is InChI=1S/C17H18N4O2S/c22-24(23,12-1-2-12)21-8-5-11(10-21)16-13-3-6-18-9-15(13)14-4-7-19-17(14)20-16/h3-4,6-7,9,11-12H,1-2,5,8,10H2,(H,19,20). The number of nitrogens with zero attached hydrogens (tertiary/aromatic N) is 3. The molecule has 3 aromatic heterocycles. The molecule has 2 aliphatic rings. The Labute approximate surface area is 140 Å². The summed E-state index contributed by atoms with van der Waals surface area (Å²) in [6.45, 7) is 1.13. The minimum atomic E-state index is -3.11. The molecular formula is C17H18N4O2S. The number of sulfonamides is 1. The predicted molar refractivity (Wildman–Crippen MR) is 92.3 cm³/mol. The zero-order valence-electron chi connectivity index (χ0n) is 13.1. The summed E-state index contributed by atoms with van der Waals surface area (Å²) < 4.78 is 26.7. The van der Waals surface area contributed by atoms with E-state index in [-0.39, 0.29) is 11.2 Å². The molecule has 0 amide bonds. The van der Waals surface area contributed by atoms with Crippen molar-refractivity contribution in [2.75, 3.05) is 13.1 Å². The van der Waals surface area contributed by atoms with Crippen LogP contribution >= 0.6 is 0 Å². The Morgan fingerprint density at radius 3 is 2.83 bits per heavy atom. The molecule has 124 valence electrons. The van der Waals surface area contributed by atoms with Gasteiger partial charge in [-0.2, -0.15) is 0 Å². The number of nitrogens with one attached hydrogen (secondary N) is 1. The molecule has 0 bridgehead atoms. The van der Waals surface area contributed by atoms with E-state index in [2.05, 4.69) is 9.97 Å². The Kier molecular flexibility index (Phi) is 2.99. The summed E-state index contributed by atoms with van der Waals surface area (Å²) in [7, 11) is -3.11. The van der Waals surface area contributed by atoms with Gasteiger partial charge in [0, 0.05) is 53.8 Å². The van der Waals surface area contributed by atoms with Crippen LogP contribution in [0.4, 0.5) is 0 Å². The van der Waals surface area contributed by atoms with Crippen molar-refractivity contribution >= 4 is 31.8 Å². The molecule has 5 rings (SSSR count). The fourth-order valence-electron chi connectivity index (χ4n) is 3.75. The third-order valence-electron chi connectivity index (χ3n) is 5.19. The summed E-state index contributed by atoms with van der Waals surface area (Å²) in [6.07, 6.45) is 7.97. The van der Waals surface area contributed by atoms with Crippen LogP contribution in [0.2, 0.25) is 0 Å². The van der Waals surface area contributed by atoms with Crippen molar-refractivity contribution in [3.8, 4) is 0 Å². The van der Waals surface area contributed by atoms with Gasteiger partial charge in [-0.05, 0) is 31.4 Å². The maximum absolute atomic E-state index is 12.5. The first-order valence-electron chi connectivity index (χ1n) is 8.34. The van der Waals surface area contributed by atoms with Crippen LogP contribution in [0.25, 0.3) is 21.8 Å². The minimum absolute atomic E-state index is 0.135.